The van der Waals surface area contributed by atoms with Gasteiger partial charge >= 0.3 is 0 Å². The molecular weight excluding hydrogens is 426 g/mol. The summed E-state index contributed by atoms with van der Waals surface area (Å²) < 4.78 is 30.6. The number of hydrogen-bond acceptors (Lipinski definition) is 3. The second-order valence-electron chi connectivity index (χ2n) is 6.61. The summed E-state index contributed by atoms with van der Waals surface area (Å²) in [5, 5.41) is 4.19. The second kappa shape index (κ2) is 7.96. The van der Waals surface area contributed by atoms with Crippen molar-refractivity contribution in [2.45, 2.75) is 30.8 Å². The zero-order valence-corrected chi connectivity index (χ0v) is 17.9. The molecule has 0 saturated carbocycles. The fourth-order valence-electron chi connectivity index (χ4n) is 2.96. The minimum atomic E-state index is -3.73. The lowest BCUT2D eigenvalue weighted by Crippen LogP contribution is -2.32. The highest BCUT2D eigenvalue weighted by Gasteiger charge is 2.32. The molecule has 0 radical (unpaired) electrons. The lowest BCUT2D eigenvalue weighted by molar-refractivity contribution is 0.417. The number of hydrogen-bond donors (Lipinski definition) is 0. The Morgan fingerprint density at radius 1 is 1.04 bits per heavy atom. The summed E-state index contributed by atoms with van der Waals surface area (Å²) in [4.78, 5) is 0.187. The van der Waals surface area contributed by atoms with Crippen LogP contribution >= 0.6 is 15.9 Å². The fraction of sp³-hybridized carbons (Fsp3) is 0.250. The molecule has 0 bridgehead atoms. The van der Waals surface area contributed by atoms with Crippen molar-refractivity contribution in [1.82, 2.24) is 14.1 Å². The SMILES string of the molecule is CC(C)n1cc(S(=O)(=O)N(C)C(c2ccccc2)c2ccccc2Br)cn1. The van der Waals surface area contributed by atoms with Crippen LogP contribution < -0.4 is 0 Å². The van der Waals surface area contributed by atoms with Gasteiger partial charge < -0.3 is 0 Å². The van der Waals surface area contributed by atoms with E-state index in [0.717, 1.165) is 15.6 Å². The standard InChI is InChI=1S/C20H22BrN3O2S/c1-15(2)24-14-17(13-22-24)27(25,26)23(3)20(16-9-5-4-6-10-16)18-11-7-8-12-19(18)21/h4-15,20H,1-3H3. The van der Waals surface area contributed by atoms with Crippen molar-refractivity contribution in [1.29, 1.82) is 0 Å². The van der Waals surface area contributed by atoms with E-state index in [1.54, 1.807) is 17.9 Å². The third-order valence-electron chi connectivity index (χ3n) is 4.46. The molecule has 0 aliphatic rings. The van der Waals surface area contributed by atoms with E-state index in [1.807, 2.05) is 68.4 Å². The summed E-state index contributed by atoms with van der Waals surface area (Å²) in [6, 6.07) is 16.9. The van der Waals surface area contributed by atoms with Gasteiger partial charge in [0.2, 0.25) is 10.0 Å². The molecule has 27 heavy (non-hydrogen) atoms. The zero-order valence-electron chi connectivity index (χ0n) is 15.4. The van der Waals surface area contributed by atoms with E-state index in [-0.39, 0.29) is 10.9 Å². The third kappa shape index (κ3) is 4.00. The maximum Gasteiger partial charge on any atom is 0.246 e. The van der Waals surface area contributed by atoms with Gasteiger partial charge in [-0.05, 0) is 31.0 Å². The molecule has 0 aliphatic heterocycles. The molecule has 0 amide bonds. The third-order valence-corrected chi connectivity index (χ3v) is 6.96. The first kappa shape index (κ1) is 19.8. The Morgan fingerprint density at radius 2 is 1.67 bits per heavy atom. The highest BCUT2D eigenvalue weighted by molar-refractivity contribution is 9.10. The molecule has 1 heterocycles. The molecule has 1 aromatic heterocycles. The summed E-state index contributed by atoms with van der Waals surface area (Å²) in [5.41, 5.74) is 1.78. The Kier molecular flexibility index (Phi) is 5.83. The fourth-order valence-corrected chi connectivity index (χ4v) is 4.73. The number of halogens is 1. The van der Waals surface area contributed by atoms with Gasteiger partial charge in [0.05, 0.1) is 12.2 Å². The molecule has 0 aliphatic carbocycles. The van der Waals surface area contributed by atoms with Crippen LogP contribution in [0.2, 0.25) is 0 Å². The maximum absolute atomic E-state index is 13.3. The molecule has 0 saturated heterocycles. The minimum Gasteiger partial charge on any atom is -0.269 e. The molecule has 0 N–H and O–H groups in total. The molecule has 3 rings (SSSR count). The van der Waals surface area contributed by atoms with Crippen LogP contribution in [-0.4, -0.2) is 29.6 Å². The number of aromatic nitrogens is 2. The van der Waals surface area contributed by atoms with Crippen molar-refractivity contribution >= 4 is 26.0 Å². The van der Waals surface area contributed by atoms with Gasteiger partial charge in [-0.25, -0.2) is 8.42 Å². The van der Waals surface area contributed by atoms with E-state index in [0.29, 0.717) is 0 Å². The molecule has 0 spiro atoms. The van der Waals surface area contributed by atoms with Gasteiger partial charge in [-0.3, -0.25) is 4.68 Å². The first-order valence-corrected chi connectivity index (χ1v) is 10.9. The Labute approximate surface area is 168 Å². The van der Waals surface area contributed by atoms with E-state index < -0.39 is 16.1 Å². The van der Waals surface area contributed by atoms with Crippen LogP contribution in [0.5, 0.6) is 0 Å². The van der Waals surface area contributed by atoms with Gasteiger partial charge in [-0.1, -0.05) is 64.5 Å². The average Bonchev–Trinajstić information content (AvgIpc) is 3.16. The topological polar surface area (TPSA) is 55.2 Å². The lowest BCUT2D eigenvalue weighted by atomic mass is 9.99. The quantitative estimate of drug-likeness (QED) is 0.552. The summed E-state index contributed by atoms with van der Waals surface area (Å²) in [6.07, 6.45) is 2.99. The van der Waals surface area contributed by atoms with E-state index in [2.05, 4.69) is 21.0 Å². The molecule has 2 aromatic carbocycles. The second-order valence-corrected chi connectivity index (χ2v) is 9.46. The number of nitrogens with zero attached hydrogens (tertiary/aromatic N) is 3. The van der Waals surface area contributed by atoms with Crippen molar-refractivity contribution in [3.63, 3.8) is 0 Å². The minimum absolute atomic E-state index is 0.0902. The molecule has 142 valence electrons. The lowest BCUT2D eigenvalue weighted by Gasteiger charge is -2.28. The van der Waals surface area contributed by atoms with Crippen molar-refractivity contribution in [3.05, 3.63) is 82.6 Å². The van der Waals surface area contributed by atoms with Crippen LogP contribution in [0.25, 0.3) is 0 Å². The predicted octanol–water partition coefficient (Wildman–Crippen LogP) is 4.64. The Hall–Kier alpha value is -1.96. The van der Waals surface area contributed by atoms with Crippen LogP contribution in [0.1, 0.15) is 37.1 Å². The molecule has 0 fully saturated rings. The van der Waals surface area contributed by atoms with Crippen molar-refractivity contribution < 1.29 is 8.42 Å². The zero-order chi connectivity index (χ0) is 19.6. The Balaban J connectivity index is 2.10. The summed E-state index contributed by atoms with van der Waals surface area (Å²) in [7, 11) is -2.12. The van der Waals surface area contributed by atoms with Gasteiger partial charge in [0.15, 0.2) is 0 Å². The van der Waals surface area contributed by atoms with E-state index >= 15 is 0 Å². The van der Waals surface area contributed by atoms with Crippen LogP contribution in [0.3, 0.4) is 0 Å². The highest BCUT2D eigenvalue weighted by atomic mass is 79.9. The molecular formula is C20H22BrN3O2S. The van der Waals surface area contributed by atoms with Gasteiger partial charge in [-0.15, -0.1) is 0 Å². The molecule has 5 nitrogen and oxygen atoms in total. The molecule has 7 heteroatoms. The summed E-state index contributed by atoms with van der Waals surface area (Å²) >= 11 is 3.57. The van der Waals surface area contributed by atoms with Gasteiger partial charge in [-0.2, -0.15) is 9.40 Å². The first-order chi connectivity index (χ1) is 12.8. The Bertz CT molecular complexity index is 1020. The first-order valence-electron chi connectivity index (χ1n) is 8.64. The van der Waals surface area contributed by atoms with E-state index in [1.165, 1.54) is 10.5 Å². The highest BCUT2D eigenvalue weighted by Crippen LogP contribution is 2.35. The molecule has 1 unspecified atom stereocenters. The molecule has 3 aromatic rings. The van der Waals surface area contributed by atoms with Crippen LogP contribution in [-0.2, 0) is 10.0 Å². The normalized spacial score (nSPS) is 13.3. The van der Waals surface area contributed by atoms with E-state index in [4.69, 9.17) is 0 Å². The van der Waals surface area contributed by atoms with Gasteiger partial charge in [0, 0.05) is 23.8 Å². The van der Waals surface area contributed by atoms with Gasteiger partial charge in [0.1, 0.15) is 4.90 Å². The number of rotatable bonds is 6. The van der Waals surface area contributed by atoms with Crippen LogP contribution in [0, 0.1) is 0 Å². The van der Waals surface area contributed by atoms with Crippen LogP contribution in [0.15, 0.2) is 76.4 Å². The largest absolute Gasteiger partial charge is 0.269 e. The van der Waals surface area contributed by atoms with Crippen LogP contribution in [0.4, 0.5) is 0 Å². The monoisotopic (exact) mass is 447 g/mol. The summed E-state index contributed by atoms with van der Waals surface area (Å²) in [5.74, 6) is 0. The molecule has 1 atom stereocenters. The number of benzene rings is 2. The smallest absolute Gasteiger partial charge is 0.246 e. The predicted molar refractivity (Wildman–Crippen MR) is 110 cm³/mol. The maximum atomic E-state index is 13.3. The van der Waals surface area contributed by atoms with Gasteiger partial charge in [0.25, 0.3) is 0 Å². The Morgan fingerprint density at radius 3 is 2.26 bits per heavy atom. The average molecular weight is 448 g/mol. The van der Waals surface area contributed by atoms with Crippen molar-refractivity contribution in [2.75, 3.05) is 7.05 Å². The number of sulfonamides is 1. The van der Waals surface area contributed by atoms with E-state index in [9.17, 15) is 8.42 Å². The summed E-state index contributed by atoms with van der Waals surface area (Å²) in [6.45, 7) is 3.92. The van der Waals surface area contributed by atoms with Crippen molar-refractivity contribution in [2.24, 2.45) is 0 Å². The van der Waals surface area contributed by atoms with Crippen molar-refractivity contribution in [3.8, 4) is 0 Å².